The summed E-state index contributed by atoms with van der Waals surface area (Å²) in [6.45, 7) is 1.71. The maximum atomic E-state index is 12.0. The Morgan fingerprint density at radius 3 is 2.05 bits per heavy atom. The third-order valence-corrected chi connectivity index (χ3v) is 3.00. The molecule has 0 aromatic carbocycles. The molecule has 0 aliphatic rings. The summed E-state index contributed by atoms with van der Waals surface area (Å²) < 4.78 is 36.0. The average molecular weight is 438 g/mol. The van der Waals surface area contributed by atoms with Crippen molar-refractivity contribution >= 4 is 29.9 Å². The highest BCUT2D eigenvalue weighted by atomic mass is 127. The van der Waals surface area contributed by atoms with Gasteiger partial charge in [0.25, 0.3) is 0 Å². The molecule has 0 aliphatic carbocycles. The lowest BCUT2D eigenvalue weighted by molar-refractivity contribution is -0.132. The zero-order valence-electron chi connectivity index (χ0n) is 13.8. The van der Waals surface area contributed by atoms with Crippen LogP contribution >= 0.6 is 24.0 Å². The summed E-state index contributed by atoms with van der Waals surface area (Å²) in [4.78, 5) is 6.07. The molecule has 0 bridgehead atoms. The molecule has 0 amide bonds. The van der Waals surface area contributed by atoms with Crippen LogP contribution in [0, 0.1) is 0 Å². The molecule has 0 unspecified atom stereocenters. The van der Waals surface area contributed by atoms with Crippen molar-refractivity contribution in [3.8, 4) is 0 Å². The van der Waals surface area contributed by atoms with Crippen LogP contribution in [0.5, 0.6) is 0 Å². The van der Waals surface area contributed by atoms with E-state index in [4.69, 9.17) is 0 Å². The van der Waals surface area contributed by atoms with Gasteiger partial charge in [-0.3, -0.25) is 4.99 Å². The minimum Gasteiger partial charge on any atom is -0.356 e. The number of alkyl halides is 3. The van der Waals surface area contributed by atoms with E-state index in [9.17, 15) is 13.2 Å². The van der Waals surface area contributed by atoms with Gasteiger partial charge in [-0.05, 0) is 33.5 Å². The normalized spacial score (nSPS) is 12.2. The number of halogens is 4. The number of guanidine groups is 1. The minimum atomic E-state index is -4.13. The van der Waals surface area contributed by atoms with Crippen LogP contribution in [0.2, 0.25) is 0 Å². The van der Waals surface area contributed by atoms with Gasteiger partial charge in [-0.2, -0.15) is 13.2 Å². The molecule has 0 aromatic heterocycles. The molecular formula is C14H30F3IN4. The lowest BCUT2D eigenvalue weighted by atomic mass is 10.1. The Morgan fingerprint density at radius 2 is 1.50 bits per heavy atom. The summed E-state index contributed by atoms with van der Waals surface area (Å²) in [7, 11) is 5.70. The topological polar surface area (TPSA) is 39.7 Å². The van der Waals surface area contributed by atoms with Crippen molar-refractivity contribution in [1.29, 1.82) is 0 Å². The fourth-order valence-electron chi connectivity index (χ4n) is 1.83. The van der Waals surface area contributed by atoms with E-state index >= 15 is 0 Å². The molecule has 0 radical (unpaired) electrons. The molecule has 0 saturated heterocycles. The molecule has 0 fully saturated rings. The summed E-state index contributed by atoms with van der Waals surface area (Å²) in [6, 6.07) is 0. The molecule has 2 N–H and O–H groups in total. The SMILES string of the molecule is CN=C(NCCCCCCCN(C)C)NCCC(F)(F)F.I. The molecule has 0 spiro atoms. The minimum absolute atomic E-state index is 0. The number of rotatable bonds is 10. The fourth-order valence-corrected chi connectivity index (χ4v) is 1.83. The summed E-state index contributed by atoms with van der Waals surface area (Å²) in [6.07, 6.45) is 0.771. The van der Waals surface area contributed by atoms with Crippen molar-refractivity contribution in [2.75, 3.05) is 40.8 Å². The van der Waals surface area contributed by atoms with E-state index < -0.39 is 12.6 Å². The average Bonchev–Trinajstić information content (AvgIpc) is 2.38. The van der Waals surface area contributed by atoms with Gasteiger partial charge >= 0.3 is 6.18 Å². The zero-order chi connectivity index (χ0) is 16.1. The maximum Gasteiger partial charge on any atom is 0.390 e. The molecule has 8 heteroatoms. The Balaban J connectivity index is 0. The zero-order valence-corrected chi connectivity index (χ0v) is 16.1. The number of aliphatic imine (C=N–C) groups is 1. The van der Waals surface area contributed by atoms with E-state index in [-0.39, 0.29) is 30.5 Å². The first kappa shape index (κ1) is 24.0. The number of nitrogens with zero attached hydrogens (tertiary/aromatic N) is 2. The predicted molar refractivity (Wildman–Crippen MR) is 97.1 cm³/mol. The molecule has 0 heterocycles. The Hall–Kier alpha value is -0.250. The van der Waals surface area contributed by atoms with Gasteiger partial charge in [-0.1, -0.05) is 19.3 Å². The van der Waals surface area contributed by atoms with Crippen molar-refractivity contribution < 1.29 is 13.2 Å². The predicted octanol–water partition coefficient (Wildman–Crippen LogP) is 3.23. The largest absolute Gasteiger partial charge is 0.390 e. The Labute approximate surface area is 149 Å². The first-order chi connectivity index (χ1) is 9.85. The van der Waals surface area contributed by atoms with E-state index in [0.717, 1.165) is 25.9 Å². The van der Waals surface area contributed by atoms with Crippen molar-refractivity contribution in [2.24, 2.45) is 4.99 Å². The van der Waals surface area contributed by atoms with Gasteiger partial charge in [0.05, 0.1) is 6.42 Å². The van der Waals surface area contributed by atoms with Gasteiger partial charge in [0, 0.05) is 20.1 Å². The smallest absolute Gasteiger partial charge is 0.356 e. The van der Waals surface area contributed by atoms with E-state index in [1.807, 2.05) is 0 Å². The summed E-state index contributed by atoms with van der Waals surface area (Å²) >= 11 is 0. The van der Waals surface area contributed by atoms with Crippen molar-refractivity contribution in [1.82, 2.24) is 15.5 Å². The molecule has 22 heavy (non-hydrogen) atoms. The monoisotopic (exact) mass is 438 g/mol. The summed E-state index contributed by atoms with van der Waals surface area (Å²) in [5, 5.41) is 5.69. The molecule has 0 atom stereocenters. The molecule has 0 rings (SSSR count). The van der Waals surface area contributed by atoms with Gasteiger partial charge in [-0.15, -0.1) is 24.0 Å². The highest BCUT2D eigenvalue weighted by Gasteiger charge is 2.26. The lowest BCUT2D eigenvalue weighted by Gasteiger charge is -2.13. The van der Waals surface area contributed by atoms with Crippen LogP contribution in [-0.2, 0) is 0 Å². The summed E-state index contributed by atoms with van der Waals surface area (Å²) in [5.41, 5.74) is 0. The molecule has 0 aliphatic heterocycles. The van der Waals surface area contributed by atoms with Crippen molar-refractivity contribution in [3.63, 3.8) is 0 Å². The van der Waals surface area contributed by atoms with Crippen molar-refractivity contribution in [3.05, 3.63) is 0 Å². The molecule has 0 saturated carbocycles. The third kappa shape index (κ3) is 17.8. The van der Waals surface area contributed by atoms with Gasteiger partial charge in [0.2, 0.25) is 0 Å². The second-order valence-corrected chi connectivity index (χ2v) is 5.36. The second-order valence-electron chi connectivity index (χ2n) is 5.36. The van der Waals surface area contributed by atoms with Gasteiger partial charge < -0.3 is 15.5 Å². The summed E-state index contributed by atoms with van der Waals surface area (Å²) in [5.74, 6) is 0.437. The van der Waals surface area contributed by atoms with Gasteiger partial charge in [0.1, 0.15) is 0 Å². The Bertz CT molecular complexity index is 284. The second kappa shape index (κ2) is 14.3. The van der Waals surface area contributed by atoms with Gasteiger partial charge in [-0.25, -0.2) is 0 Å². The molecule has 134 valence electrons. The lowest BCUT2D eigenvalue weighted by Crippen LogP contribution is -2.39. The van der Waals surface area contributed by atoms with Crippen LogP contribution < -0.4 is 10.6 Å². The van der Waals surface area contributed by atoms with E-state index in [0.29, 0.717) is 5.96 Å². The highest BCUT2D eigenvalue weighted by Crippen LogP contribution is 2.17. The van der Waals surface area contributed by atoms with Crippen LogP contribution in [0.3, 0.4) is 0 Å². The Morgan fingerprint density at radius 1 is 0.955 bits per heavy atom. The molecule has 0 aromatic rings. The number of hydrogen-bond acceptors (Lipinski definition) is 2. The van der Waals surface area contributed by atoms with E-state index in [1.54, 1.807) is 7.05 Å². The fraction of sp³-hybridized carbons (Fsp3) is 0.929. The number of nitrogens with one attached hydrogen (secondary N) is 2. The van der Waals surface area contributed by atoms with Crippen LogP contribution in [0.4, 0.5) is 13.2 Å². The highest BCUT2D eigenvalue weighted by molar-refractivity contribution is 14.0. The van der Waals surface area contributed by atoms with E-state index in [2.05, 4.69) is 34.6 Å². The quantitative estimate of drug-likeness (QED) is 0.238. The number of hydrogen-bond donors (Lipinski definition) is 2. The van der Waals surface area contributed by atoms with Crippen LogP contribution in [0.15, 0.2) is 4.99 Å². The first-order valence-corrected chi connectivity index (χ1v) is 7.51. The molecule has 4 nitrogen and oxygen atoms in total. The Kier molecular flexibility index (Phi) is 15.7. The van der Waals surface area contributed by atoms with Crippen LogP contribution in [0.1, 0.15) is 38.5 Å². The van der Waals surface area contributed by atoms with Gasteiger partial charge in [0.15, 0.2) is 5.96 Å². The molecular weight excluding hydrogens is 408 g/mol. The maximum absolute atomic E-state index is 12.0. The standard InChI is InChI=1S/C14H29F3N4.HI/c1-18-13(20-11-9-14(15,16)17)19-10-7-5-4-6-8-12-21(2)3;/h4-12H2,1-3H3,(H2,18,19,20);1H. The van der Waals surface area contributed by atoms with Crippen LogP contribution in [-0.4, -0.2) is 57.8 Å². The van der Waals surface area contributed by atoms with Crippen LogP contribution in [0.25, 0.3) is 0 Å². The van der Waals surface area contributed by atoms with E-state index in [1.165, 1.54) is 19.3 Å². The first-order valence-electron chi connectivity index (χ1n) is 7.51. The van der Waals surface area contributed by atoms with Crippen molar-refractivity contribution in [2.45, 2.75) is 44.7 Å². The number of unbranched alkanes of at least 4 members (excludes halogenated alkanes) is 4. The third-order valence-electron chi connectivity index (χ3n) is 3.00.